The van der Waals surface area contributed by atoms with Gasteiger partial charge in [0.25, 0.3) is 21.3 Å². The maximum Gasteiger partial charge on any atom is 0.414 e. The fourth-order valence-corrected chi connectivity index (χ4v) is 7.75. The van der Waals surface area contributed by atoms with Crippen molar-refractivity contribution < 1.29 is 37.2 Å². The van der Waals surface area contributed by atoms with E-state index in [0.717, 1.165) is 17.3 Å². The first-order valence-electron chi connectivity index (χ1n) is 17.1. The molecule has 0 saturated heterocycles. The van der Waals surface area contributed by atoms with Crippen LogP contribution < -0.4 is 15.6 Å². The number of carbonyl (C=O) groups is 3. The Morgan fingerprint density at radius 1 is 1.05 bits per heavy atom. The van der Waals surface area contributed by atoms with Crippen molar-refractivity contribution in [2.45, 2.75) is 23.9 Å². The first-order chi connectivity index (χ1) is 27.8. The van der Waals surface area contributed by atoms with Crippen molar-refractivity contribution in [1.82, 2.24) is 39.3 Å². The fraction of sp³-hybridized carbons (Fsp3) is 0.200. The summed E-state index contributed by atoms with van der Waals surface area (Å²) in [5, 5.41) is 21.5. The third-order valence-electron chi connectivity index (χ3n) is 8.11. The van der Waals surface area contributed by atoms with E-state index >= 15 is 0 Å². The van der Waals surface area contributed by atoms with Gasteiger partial charge in [0, 0.05) is 24.2 Å². The van der Waals surface area contributed by atoms with E-state index in [-0.39, 0.29) is 45.9 Å². The zero-order valence-corrected chi connectivity index (χ0v) is 32.5. The van der Waals surface area contributed by atoms with E-state index in [2.05, 4.69) is 35.2 Å². The van der Waals surface area contributed by atoms with Crippen LogP contribution in [0.2, 0.25) is 5.02 Å². The van der Waals surface area contributed by atoms with Gasteiger partial charge in [0.05, 0.1) is 23.4 Å². The van der Waals surface area contributed by atoms with Crippen molar-refractivity contribution in [2.24, 2.45) is 0 Å². The number of fused-ring (bicyclic) bond motifs is 1. The zero-order valence-electron chi connectivity index (χ0n) is 30.1. The molecule has 58 heavy (non-hydrogen) atoms. The standard InChI is InChI=1S/C35H31ClN10O10S2/c1-2-55-27(48)19-44(16-15-38-58(53,54)35-43-42-32(57-35)24-14-13-23(36)17-25(24)46(51)52)26(47)18-45-20-37-28-30(45)39-33(40-31(28)49)41-34(50)56-29(21-9-5-3-6-10-21)22-11-7-4-8-12-22/h3-14,17,20,29,38H,2,15-16,18-19H2,1H3,(H2,39,40,41,49,50). The zero-order chi connectivity index (χ0) is 41.4. The van der Waals surface area contributed by atoms with E-state index in [1.54, 1.807) is 55.5 Å². The summed E-state index contributed by atoms with van der Waals surface area (Å²) in [4.78, 5) is 74.8. The summed E-state index contributed by atoms with van der Waals surface area (Å²) >= 11 is 6.45. The van der Waals surface area contributed by atoms with Crippen LogP contribution in [-0.4, -0.2) is 92.2 Å². The fourth-order valence-electron chi connectivity index (χ4n) is 5.49. The normalized spacial score (nSPS) is 11.4. The molecule has 0 bridgehead atoms. The maximum atomic E-state index is 13.6. The Hall–Kier alpha value is -6.62. The summed E-state index contributed by atoms with van der Waals surface area (Å²) in [6, 6.07) is 21.8. The van der Waals surface area contributed by atoms with Gasteiger partial charge < -0.3 is 18.9 Å². The Morgan fingerprint density at radius 2 is 1.74 bits per heavy atom. The summed E-state index contributed by atoms with van der Waals surface area (Å²) < 4.78 is 40.0. The van der Waals surface area contributed by atoms with Crippen LogP contribution in [0, 0.1) is 10.1 Å². The number of nitro groups is 1. The number of hydrogen-bond acceptors (Lipinski definition) is 15. The minimum Gasteiger partial charge on any atom is -0.465 e. The SMILES string of the molecule is CCOC(=O)CN(CCNS(=O)(=O)c1nnc(-c2ccc(Cl)cc2[N+](=O)[O-])s1)C(=O)Cn1cnc2c(=O)[nH]c(NC(=O)OC(c3ccccc3)c3ccccc3)nc21. The van der Waals surface area contributed by atoms with Crippen LogP contribution >= 0.6 is 22.9 Å². The van der Waals surface area contributed by atoms with E-state index < -0.39 is 74.2 Å². The van der Waals surface area contributed by atoms with Gasteiger partial charge in [0.15, 0.2) is 22.3 Å². The maximum absolute atomic E-state index is 13.6. The topological polar surface area (TPSA) is 264 Å². The molecule has 3 N–H and O–H groups in total. The molecule has 0 atom stereocenters. The molecule has 23 heteroatoms. The summed E-state index contributed by atoms with van der Waals surface area (Å²) in [6.45, 7) is -0.261. The number of rotatable bonds is 16. The predicted molar refractivity (Wildman–Crippen MR) is 208 cm³/mol. The number of carbonyl (C=O) groups excluding carboxylic acids is 3. The van der Waals surface area contributed by atoms with E-state index in [0.29, 0.717) is 22.5 Å². The molecule has 6 aromatic rings. The van der Waals surface area contributed by atoms with Gasteiger partial charge in [-0.25, -0.2) is 22.9 Å². The monoisotopic (exact) mass is 850 g/mol. The minimum atomic E-state index is -4.35. The number of aromatic amines is 1. The molecule has 6 rings (SSSR count). The molecule has 0 saturated carbocycles. The highest BCUT2D eigenvalue weighted by molar-refractivity contribution is 7.91. The summed E-state index contributed by atoms with van der Waals surface area (Å²) in [5.41, 5.74) is -0.0141. The van der Waals surface area contributed by atoms with Gasteiger partial charge >= 0.3 is 12.1 Å². The van der Waals surface area contributed by atoms with Crippen molar-refractivity contribution in [3.8, 4) is 10.6 Å². The molecule has 300 valence electrons. The quantitative estimate of drug-likeness (QED) is 0.0709. The lowest BCUT2D eigenvalue weighted by atomic mass is 10.0. The summed E-state index contributed by atoms with van der Waals surface area (Å²) in [5.74, 6) is -1.80. The number of aromatic nitrogens is 6. The van der Waals surface area contributed by atoms with Gasteiger partial charge in [-0.1, -0.05) is 83.6 Å². The summed E-state index contributed by atoms with van der Waals surface area (Å²) in [6.07, 6.45) is -0.580. The Balaban J connectivity index is 1.15. The average molecular weight is 851 g/mol. The lowest BCUT2D eigenvalue weighted by molar-refractivity contribution is -0.384. The van der Waals surface area contributed by atoms with Gasteiger partial charge in [-0.3, -0.25) is 34.8 Å². The number of esters is 1. The van der Waals surface area contributed by atoms with E-state index in [1.165, 1.54) is 16.7 Å². The number of benzene rings is 3. The van der Waals surface area contributed by atoms with Gasteiger partial charge in [0.2, 0.25) is 16.2 Å². The molecule has 3 aromatic carbocycles. The van der Waals surface area contributed by atoms with Crippen LogP contribution in [0.15, 0.2) is 94.3 Å². The Morgan fingerprint density at radius 3 is 2.40 bits per heavy atom. The second-order valence-electron chi connectivity index (χ2n) is 12.0. The first-order valence-corrected chi connectivity index (χ1v) is 19.7. The third-order valence-corrected chi connectivity index (χ3v) is 11.1. The predicted octanol–water partition coefficient (Wildman–Crippen LogP) is 3.91. The molecule has 2 amide bonds. The van der Waals surface area contributed by atoms with Gasteiger partial charge in [-0.2, -0.15) is 4.98 Å². The number of nitro benzene ring substituents is 1. The molecule has 0 unspecified atom stereocenters. The Labute approximate surface area is 337 Å². The number of halogens is 1. The number of ether oxygens (including phenoxy) is 2. The highest BCUT2D eigenvalue weighted by Crippen LogP contribution is 2.35. The Bertz CT molecular complexity index is 2600. The van der Waals surface area contributed by atoms with Crippen LogP contribution in [0.1, 0.15) is 24.2 Å². The van der Waals surface area contributed by atoms with Gasteiger partial charge in [-0.15, -0.1) is 10.2 Å². The molecule has 3 aromatic heterocycles. The number of nitrogens with one attached hydrogen (secondary N) is 3. The second-order valence-corrected chi connectivity index (χ2v) is 15.4. The van der Waals surface area contributed by atoms with Crippen molar-refractivity contribution in [3.05, 3.63) is 122 Å². The van der Waals surface area contributed by atoms with Crippen molar-refractivity contribution in [1.29, 1.82) is 0 Å². The van der Waals surface area contributed by atoms with Gasteiger partial charge in [0.1, 0.15) is 13.1 Å². The smallest absolute Gasteiger partial charge is 0.414 e. The minimum absolute atomic E-state index is 0.00524. The molecular weight excluding hydrogens is 820 g/mol. The Kier molecular flexibility index (Phi) is 12.8. The van der Waals surface area contributed by atoms with E-state index in [4.69, 9.17) is 21.1 Å². The highest BCUT2D eigenvalue weighted by atomic mass is 35.5. The van der Waals surface area contributed by atoms with Crippen LogP contribution in [0.3, 0.4) is 0 Å². The molecule has 0 aliphatic rings. The van der Waals surface area contributed by atoms with Crippen molar-refractivity contribution in [3.63, 3.8) is 0 Å². The molecule has 0 radical (unpaired) electrons. The van der Waals surface area contributed by atoms with Crippen molar-refractivity contribution >= 4 is 73.7 Å². The van der Waals surface area contributed by atoms with Crippen LogP contribution in [0.5, 0.6) is 0 Å². The lowest BCUT2D eigenvalue weighted by Gasteiger charge is -2.22. The first kappa shape index (κ1) is 41.0. The highest BCUT2D eigenvalue weighted by Gasteiger charge is 2.27. The van der Waals surface area contributed by atoms with Crippen LogP contribution in [0.4, 0.5) is 16.4 Å². The number of nitrogens with zero attached hydrogens (tertiary/aromatic N) is 7. The number of anilines is 1. The largest absolute Gasteiger partial charge is 0.465 e. The number of hydrogen-bond donors (Lipinski definition) is 3. The number of sulfonamides is 1. The van der Waals surface area contributed by atoms with Crippen molar-refractivity contribution in [2.75, 3.05) is 31.6 Å². The molecule has 0 spiro atoms. The van der Waals surface area contributed by atoms with Crippen LogP contribution in [-0.2, 0) is 35.6 Å². The summed E-state index contributed by atoms with van der Waals surface area (Å²) in [7, 11) is -4.35. The average Bonchev–Trinajstić information content (AvgIpc) is 3.86. The van der Waals surface area contributed by atoms with E-state index in [1.807, 2.05) is 12.1 Å². The van der Waals surface area contributed by atoms with E-state index in [9.17, 15) is 37.7 Å². The molecule has 0 fully saturated rings. The second kappa shape index (κ2) is 18.1. The molecule has 3 heterocycles. The third kappa shape index (κ3) is 9.84. The van der Waals surface area contributed by atoms with Gasteiger partial charge in [-0.05, 0) is 30.2 Å². The lowest BCUT2D eigenvalue weighted by Crippen LogP contribution is -2.43. The van der Waals surface area contributed by atoms with Crippen LogP contribution in [0.25, 0.3) is 21.7 Å². The molecule has 20 nitrogen and oxygen atoms in total. The molecular formula is C35H31ClN10O10S2. The number of imidazole rings is 1. The molecule has 0 aliphatic carbocycles. The molecule has 0 aliphatic heterocycles. The number of H-pyrrole nitrogens is 1. The number of amides is 2.